The number of nitrogens with two attached hydrogens (primary N) is 1. The second-order valence-electron chi connectivity index (χ2n) is 4.95. The summed E-state index contributed by atoms with van der Waals surface area (Å²) >= 11 is 0. The molecule has 5 nitrogen and oxygen atoms in total. The molecule has 0 amide bonds. The smallest absolute Gasteiger partial charge is 0.244 e. The van der Waals surface area contributed by atoms with Crippen LogP contribution in [0, 0.1) is 0 Å². The van der Waals surface area contributed by atoms with E-state index in [9.17, 15) is 8.42 Å². The zero-order valence-electron chi connectivity index (χ0n) is 11.1. The van der Waals surface area contributed by atoms with Crippen molar-refractivity contribution in [2.24, 2.45) is 5.73 Å². The van der Waals surface area contributed by atoms with E-state index < -0.39 is 15.6 Å². The van der Waals surface area contributed by atoms with E-state index in [4.69, 9.17) is 10.5 Å². The Kier molecular flexibility index (Phi) is 4.13. The molecule has 0 unspecified atom stereocenters. The summed E-state index contributed by atoms with van der Waals surface area (Å²) in [5.74, 6) is 0.347. The monoisotopic (exact) mass is 284 g/mol. The highest BCUT2D eigenvalue weighted by atomic mass is 32.2. The van der Waals surface area contributed by atoms with Gasteiger partial charge in [-0.25, -0.2) is 13.1 Å². The van der Waals surface area contributed by atoms with Crippen molar-refractivity contribution >= 4 is 10.0 Å². The van der Waals surface area contributed by atoms with Gasteiger partial charge in [-0.2, -0.15) is 0 Å². The van der Waals surface area contributed by atoms with E-state index in [1.807, 2.05) is 0 Å². The van der Waals surface area contributed by atoms with Gasteiger partial charge in [0, 0.05) is 12.1 Å². The lowest BCUT2D eigenvalue weighted by atomic mass is 10.0. The first-order chi connectivity index (χ1) is 9.03. The van der Waals surface area contributed by atoms with Gasteiger partial charge >= 0.3 is 0 Å². The van der Waals surface area contributed by atoms with Gasteiger partial charge in [0.05, 0.1) is 7.11 Å². The third kappa shape index (κ3) is 2.91. The molecule has 0 heterocycles. The molecule has 1 aliphatic carbocycles. The molecule has 0 spiro atoms. The first-order valence-electron chi connectivity index (χ1n) is 6.40. The van der Waals surface area contributed by atoms with Crippen LogP contribution < -0.4 is 15.2 Å². The SMILES string of the molecule is COc1ccccc1S(=O)(=O)NC1(CN)CCCC1. The average molecular weight is 284 g/mol. The van der Waals surface area contributed by atoms with Gasteiger partial charge in [-0.3, -0.25) is 0 Å². The number of nitrogens with one attached hydrogen (secondary N) is 1. The molecule has 0 atom stereocenters. The van der Waals surface area contributed by atoms with Gasteiger partial charge in [0.2, 0.25) is 10.0 Å². The molecule has 0 aliphatic heterocycles. The Morgan fingerprint density at radius 1 is 1.32 bits per heavy atom. The first-order valence-corrected chi connectivity index (χ1v) is 7.88. The number of rotatable bonds is 5. The maximum absolute atomic E-state index is 12.5. The van der Waals surface area contributed by atoms with Crippen LogP contribution in [0.3, 0.4) is 0 Å². The van der Waals surface area contributed by atoms with Gasteiger partial charge in [-0.1, -0.05) is 25.0 Å². The molecule has 1 aliphatic rings. The maximum Gasteiger partial charge on any atom is 0.244 e. The molecule has 6 heteroatoms. The lowest BCUT2D eigenvalue weighted by Crippen LogP contribution is -2.51. The van der Waals surface area contributed by atoms with Crippen molar-refractivity contribution < 1.29 is 13.2 Å². The Labute approximate surface area is 114 Å². The number of ether oxygens (including phenoxy) is 1. The summed E-state index contributed by atoms with van der Waals surface area (Å²) in [6.07, 6.45) is 3.59. The van der Waals surface area contributed by atoms with E-state index in [1.165, 1.54) is 7.11 Å². The van der Waals surface area contributed by atoms with Gasteiger partial charge < -0.3 is 10.5 Å². The highest BCUT2D eigenvalue weighted by Gasteiger charge is 2.37. The van der Waals surface area contributed by atoms with Crippen LogP contribution in [0.4, 0.5) is 0 Å². The Hall–Kier alpha value is -1.11. The van der Waals surface area contributed by atoms with Crippen LogP contribution in [0.15, 0.2) is 29.2 Å². The second kappa shape index (κ2) is 5.48. The lowest BCUT2D eigenvalue weighted by molar-refractivity contribution is 0.389. The Morgan fingerprint density at radius 2 is 1.95 bits per heavy atom. The Bertz CT molecular complexity index is 537. The zero-order chi connectivity index (χ0) is 13.9. The predicted molar refractivity (Wildman–Crippen MR) is 73.6 cm³/mol. The molecule has 1 saturated carbocycles. The molecule has 3 N–H and O–H groups in total. The summed E-state index contributed by atoms with van der Waals surface area (Å²) in [5.41, 5.74) is 5.27. The van der Waals surface area contributed by atoms with Crippen LogP contribution in [-0.2, 0) is 10.0 Å². The average Bonchev–Trinajstić information content (AvgIpc) is 2.87. The third-order valence-electron chi connectivity index (χ3n) is 3.66. The lowest BCUT2D eigenvalue weighted by Gasteiger charge is -2.28. The molecule has 1 fully saturated rings. The Morgan fingerprint density at radius 3 is 2.53 bits per heavy atom. The van der Waals surface area contributed by atoms with Crippen molar-refractivity contribution in [3.8, 4) is 5.75 Å². The number of methoxy groups -OCH3 is 1. The third-order valence-corrected chi connectivity index (χ3v) is 5.28. The van der Waals surface area contributed by atoms with E-state index >= 15 is 0 Å². The van der Waals surface area contributed by atoms with E-state index in [2.05, 4.69) is 4.72 Å². The van der Waals surface area contributed by atoms with Gasteiger partial charge in [-0.15, -0.1) is 0 Å². The van der Waals surface area contributed by atoms with E-state index in [0.29, 0.717) is 12.3 Å². The molecule has 19 heavy (non-hydrogen) atoms. The number of hydrogen-bond donors (Lipinski definition) is 2. The molecule has 1 aromatic rings. The van der Waals surface area contributed by atoms with Gasteiger partial charge in [-0.05, 0) is 25.0 Å². The van der Waals surface area contributed by atoms with E-state index in [-0.39, 0.29) is 4.90 Å². The topological polar surface area (TPSA) is 81.4 Å². The van der Waals surface area contributed by atoms with Crippen molar-refractivity contribution in [3.05, 3.63) is 24.3 Å². The highest BCUT2D eigenvalue weighted by Crippen LogP contribution is 2.32. The molecular weight excluding hydrogens is 264 g/mol. The van der Waals surface area contributed by atoms with Crippen molar-refractivity contribution in [2.45, 2.75) is 36.1 Å². The number of benzene rings is 1. The molecule has 1 aromatic carbocycles. The molecule has 2 rings (SSSR count). The van der Waals surface area contributed by atoms with Crippen LogP contribution >= 0.6 is 0 Å². The fourth-order valence-corrected chi connectivity index (χ4v) is 4.22. The van der Waals surface area contributed by atoms with Crippen molar-refractivity contribution in [1.29, 1.82) is 0 Å². The fraction of sp³-hybridized carbons (Fsp3) is 0.538. The van der Waals surface area contributed by atoms with Crippen LogP contribution in [0.1, 0.15) is 25.7 Å². The van der Waals surface area contributed by atoms with E-state index in [0.717, 1.165) is 25.7 Å². The summed E-state index contributed by atoms with van der Waals surface area (Å²) < 4.78 is 32.9. The largest absolute Gasteiger partial charge is 0.495 e. The summed E-state index contributed by atoms with van der Waals surface area (Å²) in [5, 5.41) is 0. The summed E-state index contributed by atoms with van der Waals surface area (Å²) in [6.45, 7) is 0.321. The summed E-state index contributed by atoms with van der Waals surface area (Å²) in [4.78, 5) is 0.164. The molecule has 0 saturated heterocycles. The number of sulfonamides is 1. The van der Waals surface area contributed by atoms with Crippen molar-refractivity contribution in [1.82, 2.24) is 4.72 Å². The molecule has 0 bridgehead atoms. The minimum absolute atomic E-state index is 0.164. The summed E-state index contributed by atoms with van der Waals surface area (Å²) in [6, 6.07) is 6.60. The molecule has 106 valence electrons. The predicted octanol–water partition coefficient (Wildman–Crippen LogP) is 1.24. The summed E-state index contributed by atoms with van der Waals surface area (Å²) in [7, 11) is -2.15. The maximum atomic E-state index is 12.5. The standard InChI is InChI=1S/C13H20N2O3S/c1-18-11-6-2-3-7-12(11)19(16,17)15-13(10-14)8-4-5-9-13/h2-3,6-7,15H,4-5,8-10,14H2,1H3. The number of para-hydroxylation sites is 1. The van der Waals surface area contributed by atoms with Crippen LogP contribution in [-0.4, -0.2) is 27.6 Å². The van der Waals surface area contributed by atoms with Gasteiger partial charge in [0.1, 0.15) is 10.6 Å². The quantitative estimate of drug-likeness (QED) is 0.852. The Balaban J connectivity index is 2.32. The molecular formula is C13H20N2O3S. The minimum Gasteiger partial charge on any atom is -0.495 e. The normalized spacial score (nSPS) is 18.4. The minimum atomic E-state index is -3.61. The molecule has 0 radical (unpaired) electrons. The molecule has 0 aromatic heterocycles. The van der Waals surface area contributed by atoms with Crippen molar-refractivity contribution in [2.75, 3.05) is 13.7 Å². The fourth-order valence-electron chi connectivity index (χ4n) is 2.58. The van der Waals surface area contributed by atoms with Gasteiger partial charge in [0.15, 0.2) is 0 Å². The zero-order valence-corrected chi connectivity index (χ0v) is 11.9. The van der Waals surface area contributed by atoms with Crippen LogP contribution in [0.2, 0.25) is 0 Å². The highest BCUT2D eigenvalue weighted by molar-refractivity contribution is 7.89. The van der Waals surface area contributed by atoms with Crippen molar-refractivity contribution in [3.63, 3.8) is 0 Å². The first kappa shape index (κ1) is 14.3. The van der Waals surface area contributed by atoms with Crippen LogP contribution in [0.5, 0.6) is 5.75 Å². The van der Waals surface area contributed by atoms with Gasteiger partial charge in [0.25, 0.3) is 0 Å². The number of hydrogen-bond acceptors (Lipinski definition) is 4. The van der Waals surface area contributed by atoms with E-state index in [1.54, 1.807) is 24.3 Å². The second-order valence-corrected chi connectivity index (χ2v) is 6.60. The van der Waals surface area contributed by atoms with Crippen LogP contribution in [0.25, 0.3) is 0 Å².